The van der Waals surface area contributed by atoms with Gasteiger partial charge >= 0.3 is 0 Å². The van der Waals surface area contributed by atoms with Gasteiger partial charge in [0.15, 0.2) is 11.5 Å². The van der Waals surface area contributed by atoms with Crippen LogP contribution in [0.15, 0.2) is 18.2 Å². The molecule has 1 aromatic carbocycles. The van der Waals surface area contributed by atoms with Crippen molar-refractivity contribution in [3.05, 3.63) is 23.8 Å². The highest BCUT2D eigenvalue weighted by atomic mass is 16.5. The van der Waals surface area contributed by atoms with E-state index in [2.05, 4.69) is 25.2 Å². The summed E-state index contributed by atoms with van der Waals surface area (Å²) in [5, 5.41) is 14.7. The maximum atomic E-state index is 13.7. The maximum absolute atomic E-state index is 13.7. The van der Waals surface area contributed by atoms with Crippen molar-refractivity contribution in [2.24, 2.45) is 41.2 Å². The van der Waals surface area contributed by atoms with E-state index in [0.29, 0.717) is 56.2 Å². The molecule has 1 aliphatic heterocycles. The van der Waals surface area contributed by atoms with E-state index in [1.807, 2.05) is 26.0 Å². The highest BCUT2D eigenvalue weighted by molar-refractivity contribution is 5.79. The molecule has 0 spiro atoms. The summed E-state index contributed by atoms with van der Waals surface area (Å²) in [5.41, 5.74) is 7.80. The topological polar surface area (TPSA) is 122 Å². The summed E-state index contributed by atoms with van der Waals surface area (Å²) >= 11 is 0. The molecule has 2 fully saturated rings. The zero-order valence-corrected chi connectivity index (χ0v) is 28.3. The van der Waals surface area contributed by atoms with Crippen molar-refractivity contribution in [1.82, 2.24) is 5.32 Å². The number of aliphatic hydroxyl groups excluding tert-OH is 1. The van der Waals surface area contributed by atoms with Gasteiger partial charge in [0.05, 0.1) is 25.9 Å². The fourth-order valence-electron chi connectivity index (χ4n) is 6.97. The fourth-order valence-corrected chi connectivity index (χ4v) is 6.97. The van der Waals surface area contributed by atoms with E-state index in [0.717, 1.165) is 50.0 Å². The first kappa shape index (κ1) is 36.6. The number of ether oxygens (including phenoxy) is 5. The van der Waals surface area contributed by atoms with Crippen LogP contribution in [-0.4, -0.2) is 83.1 Å². The number of hydrogen-bond acceptors (Lipinski definition) is 8. The summed E-state index contributed by atoms with van der Waals surface area (Å²) in [6.45, 7) is 11.1. The Morgan fingerprint density at radius 1 is 1.07 bits per heavy atom. The van der Waals surface area contributed by atoms with Gasteiger partial charge in [0.2, 0.25) is 5.91 Å². The van der Waals surface area contributed by atoms with E-state index < -0.39 is 12.1 Å². The van der Waals surface area contributed by atoms with Gasteiger partial charge in [-0.3, -0.25) is 4.79 Å². The number of nitrogens with two attached hydrogens (primary N) is 1. The number of hydrogen-bond donors (Lipinski definition) is 3. The van der Waals surface area contributed by atoms with Gasteiger partial charge in [-0.15, -0.1) is 0 Å². The molecular weight excluding hydrogens is 560 g/mol. The second-order valence-electron chi connectivity index (χ2n) is 13.7. The number of aliphatic hydroxyl groups is 1. The fraction of sp³-hybridized carbons (Fsp3) is 0.800. The Morgan fingerprint density at radius 3 is 2.50 bits per heavy atom. The molecule has 9 nitrogen and oxygen atoms in total. The summed E-state index contributed by atoms with van der Waals surface area (Å²) in [4.78, 5) is 13.7. The molecule has 4 N–H and O–H groups in total. The van der Waals surface area contributed by atoms with Gasteiger partial charge in [0.1, 0.15) is 0 Å². The first-order valence-corrected chi connectivity index (χ1v) is 16.7. The molecule has 1 aliphatic carbocycles. The Hall–Kier alpha value is -1.91. The number of fused-ring (bicyclic) bond motifs is 1. The second kappa shape index (κ2) is 18.3. The van der Waals surface area contributed by atoms with Crippen LogP contribution in [0.5, 0.6) is 11.5 Å². The molecule has 1 amide bonds. The van der Waals surface area contributed by atoms with Crippen LogP contribution in [0.4, 0.5) is 0 Å². The van der Waals surface area contributed by atoms with E-state index in [-0.39, 0.29) is 35.8 Å². The molecule has 2 aliphatic rings. The maximum Gasteiger partial charge on any atom is 0.223 e. The third-order valence-electron chi connectivity index (χ3n) is 9.91. The molecular formula is C35H60N2O7. The molecule has 1 aromatic rings. The Kier molecular flexibility index (Phi) is 15.2. The third kappa shape index (κ3) is 10.6. The normalized spacial score (nSPS) is 24.8. The van der Waals surface area contributed by atoms with Gasteiger partial charge in [0, 0.05) is 58.5 Å². The number of rotatable bonds is 18. The van der Waals surface area contributed by atoms with Crippen LogP contribution >= 0.6 is 0 Å². The largest absolute Gasteiger partial charge is 0.493 e. The molecule has 8 atom stereocenters. The van der Waals surface area contributed by atoms with Gasteiger partial charge in [-0.2, -0.15) is 0 Å². The molecule has 252 valence electrons. The molecule has 0 radical (unpaired) electrons. The standard InChI is InChI=1S/C35H60N2O7/c1-22(2)25(15-24-9-10-33(42-7)34(16-24)44-13-8-12-40-5)18-30(36)32(38)20-28(23(3)4)35(39)37-31-11-14-43-21-26-17-27(41-6)19-29(26)31/h9-10,16,22-23,25-32,38H,8,11-15,17-21,36H2,1-7H3,(H,37,39)/t25-,26?,27?,28-,29?,30-,31?,32-/m0/s1. The minimum Gasteiger partial charge on any atom is -0.493 e. The number of benzene rings is 1. The smallest absolute Gasteiger partial charge is 0.223 e. The van der Waals surface area contributed by atoms with Crippen LogP contribution in [0.3, 0.4) is 0 Å². The van der Waals surface area contributed by atoms with Gasteiger partial charge < -0.3 is 39.8 Å². The van der Waals surface area contributed by atoms with Crippen molar-refractivity contribution in [3.63, 3.8) is 0 Å². The van der Waals surface area contributed by atoms with Crippen LogP contribution in [-0.2, 0) is 25.4 Å². The monoisotopic (exact) mass is 620 g/mol. The first-order chi connectivity index (χ1) is 21.1. The van der Waals surface area contributed by atoms with Crippen molar-refractivity contribution in [2.45, 2.75) is 96.9 Å². The lowest BCUT2D eigenvalue weighted by Gasteiger charge is -2.32. The van der Waals surface area contributed by atoms with Crippen molar-refractivity contribution in [1.29, 1.82) is 0 Å². The van der Waals surface area contributed by atoms with Crippen molar-refractivity contribution in [2.75, 3.05) is 47.8 Å². The van der Waals surface area contributed by atoms with Crippen molar-refractivity contribution in [3.8, 4) is 11.5 Å². The van der Waals surface area contributed by atoms with Crippen molar-refractivity contribution >= 4 is 5.91 Å². The van der Waals surface area contributed by atoms with E-state index in [4.69, 9.17) is 29.4 Å². The lowest BCUT2D eigenvalue weighted by atomic mass is 9.80. The molecule has 1 heterocycles. The van der Waals surface area contributed by atoms with Gasteiger partial charge in [-0.1, -0.05) is 33.8 Å². The molecule has 4 unspecified atom stereocenters. The first-order valence-electron chi connectivity index (χ1n) is 16.7. The van der Waals surface area contributed by atoms with E-state index in [1.165, 1.54) is 0 Å². The van der Waals surface area contributed by atoms with Crippen LogP contribution < -0.4 is 20.5 Å². The third-order valence-corrected chi connectivity index (χ3v) is 9.91. The molecule has 1 saturated heterocycles. The number of nitrogens with one attached hydrogen (secondary N) is 1. The lowest BCUT2D eigenvalue weighted by molar-refractivity contribution is -0.129. The Labute approximate surface area is 265 Å². The lowest BCUT2D eigenvalue weighted by Crippen LogP contribution is -2.47. The summed E-state index contributed by atoms with van der Waals surface area (Å²) in [6.07, 6.45) is 4.77. The number of carbonyl (C=O) groups excluding carboxylic acids is 1. The number of amides is 1. The Balaban J connectivity index is 1.61. The molecule has 3 rings (SSSR count). The van der Waals surface area contributed by atoms with Crippen LogP contribution in [0.2, 0.25) is 0 Å². The number of carbonyl (C=O) groups is 1. The molecule has 44 heavy (non-hydrogen) atoms. The van der Waals surface area contributed by atoms with E-state index in [1.54, 1.807) is 21.3 Å². The summed E-state index contributed by atoms with van der Waals surface area (Å²) < 4.78 is 28.2. The SMILES string of the molecule is COCCCOc1cc(C[C@@H](C[C@H](N)[C@@H](O)C[C@H](C(=O)NC2CCOCC3CC(OC)CC32)C(C)C)C(C)C)ccc1OC. The molecule has 1 saturated carbocycles. The summed E-state index contributed by atoms with van der Waals surface area (Å²) in [6, 6.07) is 5.69. The molecule has 9 heteroatoms. The highest BCUT2D eigenvalue weighted by Crippen LogP contribution is 2.39. The quantitative estimate of drug-likeness (QED) is 0.204. The molecule has 0 aromatic heterocycles. The van der Waals surface area contributed by atoms with Gasteiger partial charge in [-0.25, -0.2) is 0 Å². The minimum absolute atomic E-state index is 0.00874. The minimum atomic E-state index is -0.778. The summed E-state index contributed by atoms with van der Waals surface area (Å²) in [5.74, 6) is 2.56. The van der Waals surface area contributed by atoms with Gasteiger partial charge in [0.25, 0.3) is 0 Å². The number of methoxy groups -OCH3 is 3. The molecule has 0 bridgehead atoms. The average molecular weight is 621 g/mol. The van der Waals surface area contributed by atoms with Crippen molar-refractivity contribution < 1.29 is 33.6 Å². The van der Waals surface area contributed by atoms with Crippen LogP contribution in [0.1, 0.15) is 71.8 Å². The van der Waals surface area contributed by atoms with Gasteiger partial charge in [-0.05, 0) is 85.8 Å². The van der Waals surface area contributed by atoms with E-state index >= 15 is 0 Å². The average Bonchev–Trinajstić information content (AvgIpc) is 3.33. The second-order valence-corrected chi connectivity index (χ2v) is 13.7. The predicted octanol–water partition coefficient (Wildman–Crippen LogP) is 4.61. The Morgan fingerprint density at radius 2 is 1.84 bits per heavy atom. The zero-order valence-electron chi connectivity index (χ0n) is 28.3. The summed E-state index contributed by atoms with van der Waals surface area (Å²) in [7, 11) is 5.09. The Bertz CT molecular complexity index is 990. The predicted molar refractivity (Wildman–Crippen MR) is 173 cm³/mol. The van der Waals surface area contributed by atoms with Crippen LogP contribution in [0.25, 0.3) is 0 Å². The van der Waals surface area contributed by atoms with E-state index in [9.17, 15) is 9.90 Å². The highest BCUT2D eigenvalue weighted by Gasteiger charge is 2.42. The zero-order chi connectivity index (χ0) is 32.2. The van der Waals surface area contributed by atoms with Crippen LogP contribution in [0, 0.1) is 35.5 Å².